The molecule has 3 heterocycles. The molecule has 0 bridgehead atoms. The first kappa shape index (κ1) is 13.5. The van der Waals surface area contributed by atoms with E-state index in [9.17, 15) is 0 Å². The minimum absolute atomic E-state index is 0.921. The Labute approximate surface area is 135 Å². The molecule has 0 atom stereocenters. The van der Waals surface area contributed by atoms with E-state index in [1.165, 1.54) is 0 Å². The molecule has 0 aliphatic heterocycles. The molecule has 0 radical (unpaired) electrons. The molecule has 0 N–H and O–H groups in total. The maximum Gasteiger partial charge on any atom is 0.174 e. The lowest BCUT2D eigenvalue weighted by molar-refractivity contribution is 0.795. The van der Waals surface area contributed by atoms with Gasteiger partial charge in [-0.05, 0) is 28.8 Å². The topological polar surface area (TPSA) is 43.6 Å². The van der Waals surface area contributed by atoms with Gasteiger partial charge in [0.15, 0.2) is 5.16 Å². The molecule has 0 unspecified atom stereocenters. The molecule has 0 fully saturated rings. The van der Waals surface area contributed by atoms with Gasteiger partial charge in [0.25, 0.3) is 0 Å². The minimum atomic E-state index is 0.921. The number of fused-ring (bicyclic) bond motifs is 1. The monoisotopic (exact) mass is 324 g/mol. The Bertz CT molecular complexity index is 928. The highest BCUT2D eigenvalue weighted by molar-refractivity contribution is 7.99. The summed E-state index contributed by atoms with van der Waals surface area (Å²) in [5.41, 5.74) is 2.26. The number of imidazole rings is 1. The molecule has 108 valence electrons. The number of hydrogen-bond acceptors (Lipinski definition) is 5. The lowest BCUT2D eigenvalue weighted by Crippen LogP contribution is -1.94. The van der Waals surface area contributed by atoms with Gasteiger partial charge in [-0.25, -0.2) is 15.0 Å². The summed E-state index contributed by atoms with van der Waals surface area (Å²) in [4.78, 5) is 14.2. The van der Waals surface area contributed by atoms with Crippen LogP contribution >= 0.6 is 23.1 Å². The van der Waals surface area contributed by atoms with E-state index in [-0.39, 0.29) is 0 Å². The molecular formula is C16H12N4S2. The first-order valence-corrected chi connectivity index (χ1v) is 8.46. The summed E-state index contributed by atoms with van der Waals surface area (Å²) < 4.78 is 2.10. The number of nitrogens with zero attached hydrogens (tertiary/aromatic N) is 4. The molecular weight excluding hydrogens is 312 g/mol. The summed E-state index contributed by atoms with van der Waals surface area (Å²) in [6.45, 7) is 0. The zero-order chi connectivity index (χ0) is 14.9. The third-order valence-corrected chi connectivity index (χ3v) is 5.33. The number of rotatable bonds is 3. The largest absolute Gasteiger partial charge is 0.322 e. The van der Waals surface area contributed by atoms with Gasteiger partial charge in [0.1, 0.15) is 16.2 Å². The molecule has 4 nitrogen and oxygen atoms in total. The maximum atomic E-state index is 4.55. The third-order valence-electron chi connectivity index (χ3n) is 3.43. The Morgan fingerprint density at radius 2 is 1.91 bits per heavy atom. The molecule has 3 aromatic heterocycles. The van der Waals surface area contributed by atoms with Gasteiger partial charge in [-0.3, -0.25) is 0 Å². The molecule has 4 rings (SSSR count). The molecule has 0 saturated heterocycles. The summed E-state index contributed by atoms with van der Waals surface area (Å²) in [5, 5.41) is 4.99. The van der Waals surface area contributed by atoms with Gasteiger partial charge in [-0.2, -0.15) is 0 Å². The molecule has 0 spiro atoms. The Morgan fingerprint density at radius 3 is 2.77 bits per heavy atom. The first-order valence-electron chi connectivity index (χ1n) is 6.76. The van der Waals surface area contributed by atoms with Crippen molar-refractivity contribution < 1.29 is 0 Å². The normalized spacial score (nSPS) is 11.1. The van der Waals surface area contributed by atoms with E-state index in [0.717, 1.165) is 31.7 Å². The zero-order valence-corrected chi connectivity index (χ0v) is 13.4. The predicted octanol–water partition coefficient (Wildman–Crippen LogP) is 4.24. The van der Waals surface area contributed by atoms with Crippen LogP contribution in [0, 0.1) is 0 Å². The highest BCUT2D eigenvalue weighted by Gasteiger charge is 2.13. The van der Waals surface area contributed by atoms with Crippen LogP contribution in [-0.4, -0.2) is 19.5 Å². The summed E-state index contributed by atoms with van der Waals surface area (Å²) in [5.74, 6) is 0. The lowest BCUT2D eigenvalue weighted by Gasteiger charge is -2.05. The smallest absolute Gasteiger partial charge is 0.174 e. The van der Waals surface area contributed by atoms with Gasteiger partial charge in [0.2, 0.25) is 0 Å². The Hall–Kier alpha value is -2.18. The lowest BCUT2D eigenvalue weighted by atomic mass is 10.2. The highest BCUT2D eigenvalue weighted by Crippen LogP contribution is 2.33. The molecule has 4 aromatic rings. The van der Waals surface area contributed by atoms with Crippen LogP contribution in [0.25, 0.3) is 21.5 Å². The van der Waals surface area contributed by atoms with Crippen molar-refractivity contribution in [3.63, 3.8) is 0 Å². The molecule has 6 heteroatoms. The Kier molecular flexibility index (Phi) is 3.40. The van der Waals surface area contributed by atoms with Crippen molar-refractivity contribution in [3.05, 3.63) is 54.3 Å². The van der Waals surface area contributed by atoms with E-state index in [1.807, 2.05) is 36.8 Å². The van der Waals surface area contributed by atoms with E-state index in [0.29, 0.717) is 0 Å². The summed E-state index contributed by atoms with van der Waals surface area (Å²) >= 11 is 3.20. The van der Waals surface area contributed by atoms with Crippen LogP contribution in [0.2, 0.25) is 0 Å². The van der Waals surface area contributed by atoms with Crippen LogP contribution in [0.5, 0.6) is 0 Å². The fraction of sp³-hybridized carbons (Fsp3) is 0.0625. The van der Waals surface area contributed by atoms with Crippen molar-refractivity contribution in [2.45, 2.75) is 10.2 Å². The number of thiophene rings is 1. The van der Waals surface area contributed by atoms with Gasteiger partial charge in [-0.1, -0.05) is 30.3 Å². The van der Waals surface area contributed by atoms with Gasteiger partial charge in [-0.15, -0.1) is 11.3 Å². The average molecular weight is 324 g/mol. The van der Waals surface area contributed by atoms with Gasteiger partial charge >= 0.3 is 0 Å². The van der Waals surface area contributed by atoms with E-state index >= 15 is 0 Å². The summed E-state index contributed by atoms with van der Waals surface area (Å²) in [7, 11) is 2.03. The van der Waals surface area contributed by atoms with E-state index in [1.54, 1.807) is 29.4 Å². The van der Waals surface area contributed by atoms with Crippen molar-refractivity contribution >= 4 is 33.3 Å². The van der Waals surface area contributed by atoms with Crippen LogP contribution in [0.4, 0.5) is 0 Å². The summed E-state index contributed by atoms with van der Waals surface area (Å²) in [6.07, 6.45) is 3.52. The molecule has 22 heavy (non-hydrogen) atoms. The van der Waals surface area contributed by atoms with Gasteiger partial charge in [0, 0.05) is 12.4 Å². The molecule has 0 aliphatic rings. The van der Waals surface area contributed by atoms with Crippen molar-refractivity contribution in [1.82, 2.24) is 19.5 Å². The third kappa shape index (κ3) is 2.30. The minimum Gasteiger partial charge on any atom is -0.322 e. The molecule has 0 saturated carbocycles. The number of aromatic nitrogens is 4. The van der Waals surface area contributed by atoms with E-state index < -0.39 is 0 Å². The predicted molar refractivity (Wildman–Crippen MR) is 90.2 cm³/mol. The first-order chi connectivity index (χ1) is 10.8. The highest BCUT2D eigenvalue weighted by atomic mass is 32.2. The second-order valence-electron chi connectivity index (χ2n) is 4.77. The number of benzene rings is 1. The fourth-order valence-corrected chi connectivity index (χ4v) is 3.99. The zero-order valence-electron chi connectivity index (χ0n) is 11.8. The number of hydrogen-bond donors (Lipinski definition) is 0. The average Bonchev–Trinajstić information content (AvgIpc) is 3.16. The van der Waals surface area contributed by atoms with E-state index in [4.69, 9.17) is 0 Å². The van der Waals surface area contributed by atoms with Crippen LogP contribution in [0.1, 0.15) is 0 Å². The standard InChI is InChI=1S/C16H12N4S2/c1-20-13(11-5-3-2-4-6-11)9-17-16(20)22-15-12-7-8-21-14(12)18-10-19-15/h2-10H,1H3. The second kappa shape index (κ2) is 5.55. The van der Waals surface area contributed by atoms with Crippen LogP contribution in [0.3, 0.4) is 0 Å². The second-order valence-corrected chi connectivity index (χ2v) is 6.62. The van der Waals surface area contributed by atoms with Crippen molar-refractivity contribution in [2.75, 3.05) is 0 Å². The fourth-order valence-electron chi connectivity index (χ4n) is 2.30. The Balaban J connectivity index is 1.73. The SMILES string of the molecule is Cn1c(-c2ccccc2)cnc1Sc1ncnc2sccc12. The van der Waals surface area contributed by atoms with Crippen LogP contribution < -0.4 is 0 Å². The Morgan fingerprint density at radius 1 is 1.05 bits per heavy atom. The van der Waals surface area contributed by atoms with Crippen LogP contribution in [0.15, 0.2) is 64.5 Å². The van der Waals surface area contributed by atoms with Crippen molar-refractivity contribution in [2.24, 2.45) is 7.05 Å². The van der Waals surface area contributed by atoms with Crippen LogP contribution in [-0.2, 0) is 7.05 Å². The van der Waals surface area contributed by atoms with Crippen molar-refractivity contribution in [3.8, 4) is 11.3 Å². The summed E-state index contributed by atoms with van der Waals surface area (Å²) in [6, 6.07) is 12.3. The molecule has 0 amide bonds. The van der Waals surface area contributed by atoms with Gasteiger partial charge < -0.3 is 4.57 Å². The van der Waals surface area contributed by atoms with Gasteiger partial charge in [0.05, 0.1) is 11.9 Å². The molecule has 1 aromatic carbocycles. The van der Waals surface area contributed by atoms with E-state index in [2.05, 4.69) is 37.7 Å². The molecule has 0 aliphatic carbocycles. The van der Waals surface area contributed by atoms with Crippen molar-refractivity contribution in [1.29, 1.82) is 0 Å². The maximum absolute atomic E-state index is 4.55. The quantitative estimate of drug-likeness (QED) is 0.529.